The van der Waals surface area contributed by atoms with Crippen LogP contribution in [0.15, 0.2) is 83.9 Å². The Morgan fingerprint density at radius 1 is 0.962 bits per heavy atom. The molecule has 26 heavy (non-hydrogen) atoms. The zero-order valence-electron chi connectivity index (χ0n) is 14.1. The van der Waals surface area contributed by atoms with Crippen LogP contribution in [0.4, 0.5) is 4.39 Å². The smallest absolute Gasteiger partial charge is 0.180 e. The van der Waals surface area contributed by atoms with Gasteiger partial charge in [-0.2, -0.15) is 3.97 Å². The van der Waals surface area contributed by atoms with Crippen molar-refractivity contribution >= 4 is 22.3 Å². The van der Waals surface area contributed by atoms with Gasteiger partial charge in [0.15, 0.2) is 4.90 Å². The summed E-state index contributed by atoms with van der Waals surface area (Å²) in [5.74, 6) is 0.387. The van der Waals surface area contributed by atoms with Crippen LogP contribution in [0.3, 0.4) is 0 Å². The number of methoxy groups -OCH3 is 1. The van der Waals surface area contributed by atoms with Crippen molar-refractivity contribution < 1.29 is 13.7 Å². The Bertz CT molecular complexity index is 1040. The van der Waals surface area contributed by atoms with Gasteiger partial charge in [-0.3, -0.25) is 0 Å². The lowest BCUT2D eigenvalue weighted by Crippen LogP contribution is -2.11. The molecule has 4 aromatic rings. The van der Waals surface area contributed by atoms with Gasteiger partial charge < -0.3 is 9.29 Å². The van der Waals surface area contributed by atoms with Crippen molar-refractivity contribution in [1.82, 2.24) is 3.97 Å². The van der Waals surface area contributed by atoms with Crippen molar-refractivity contribution in [2.45, 2.75) is 4.90 Å². The molecule has 3 nitrogen and oxygen atoms in total. The van der Waals surface area contributed by atoms with Gasteiger partial charge in [0, 0.05) is 10.9 Å². The van der Waals surface area contributed by atoms with Crippen LogP contribution in [-0.4, -0.2) is 15.6 Å². The Morgan fingerprint density at radius 3 is 2.38 bits per heavy atom. The molecule has 0 spiro atoms. The Balaban J connectivity index is 1.91. The molecule has 0 bridgehead atoms. The third kappa shape index (κ3) is 2.96. The van der Waals surface area contributed by atoms with Crippen LogP contribution in [-0.2, 0) is 11.4 Å². The first-order chi connectivity index (χ1) is 12.7. The number of hydrogen-bond acceptors (Lipinski definition) is 2. The Kier molecular flexibility index (Phi) is 4.41. The summed E-state index contributed by atoms with van der Waals surface area (Å²) in [5, 5.41) is 0.950. The fourth-order valence-electron chi connectivity index (χ4n) is 2.96. The number of ether oxygens (including phenoxy) is 1. The molecular formula is C21H16FNO2S. The first kappa shape index (κ1) is 16.7. The highest BCUT2D eigenvalue weighted by Crippen LogP contribution is 2.35. The number of hydrogen-bond donors (Lipinski definition) is 0. The molecule has 1 aromatic heterocycles. The van der Waals surface area contributed by atoms with Crippen LogP contribution in [0, 0.1) is 5.82 Å². The molecule has 0 N–H and O–H groups in total. The predicted octanol–water partition coefficient (Wildman–Crippen LogP) is 5.03. The maximum absolute atomic E-state index is 13.2. The standard InChI is InChI=1S/C21H16FNO2S/c1-25-17-9-12-21-19(13-17)20(15-5-3-2-4-6-15)14-23(21)26(24)18-10-7-16(22)8-11-18/h2-14H,1H3. The lowest BCUT2D eigenvalue weighted by atomic mass is 10.0. The van der Waals surface area contributed by atoms with Gasteiger partial charge in [0.2, 0.25) is 0 Å². The van der Waals surface area contributed by atoms with E-state index in [9.17, 15) is 8.94 Å². The molecule has 4 rings (SSSR count). The summed E-state index contributed by atoms with van der Waals surface area (Å²) < 4.78 is 33.4. The Morgan fingerprint density at radius 2 is 1.69 bits per heavy atom. The van der Waals surface area contributed by atoms with Gasteiger partial charge in [0.05, 0.1) is 18.8 Å². The lowest BCUT2D eigenvalue weighted by Gasteiger charge is -2.11. The quantitative estimate of drug-likeness (QED) is 0.476. The Labute approximate surface area is 154 Å². The molecular weight excluding hydrogens is 349 g/mol. The normalized spacial score (nSPS) is 12.3. The van der Waals surface area contributed by atoms with E-state index in [1.54, 1.807) is 23.2 Å². The third-order valence-electron chi connectivity index (χ3n) is 4.26. The summed E-state index contributed by atoms with van der Waals surface area (Å²) in [6, 6.07) is 21.3. The van der Waals surface area contributed by atoms with Crippen molar-refractivity contribution in [3.05, 3.63) is 84.8 Å². The molecule has 3 aromatic carbocycles. The molecule has 0 aliphatic carbocycles. The topological polar surface area (TPSA) is 37.2 Å². The highest BCUT2D eigenvalue weighted by molar-refractivity contribution is 7.90. The van der Waals surface area contributed by atoms with Gasteiger partial charge in [0.25, 0.3) is 0 Å². The van der Waals surface area contributed by atoms with Crippen LogP contribution in [0.1, 0.15) is 0 Å². The van der Waals surface area contributed by atoms with Crippen LogP contribution in [0.5, 0.6) is 5.75 Å². The van der Waals surface area contributed by atoms with Crippen molar-refractivity contribution in [1.29, 1.82) is 0 Å². The van der Waals surface area contributed by atoms with E-state index in [-0.39, 0.29) is 5.82 Å². The molecule has 130 valence electrons. The lowest BCUT2D eigenvalue weighted by molar-refractivity contribution is 0.415. The zero-order valence-corrected chi connectivity index (χ0v) is 14.9. The molecule has 5 heteroatoms. The zero-order chi connectivity index (χ0) is 18.1. The summed E-state index contributed by atoms with van der Waals surface area (Å²) in [7, 11) is 1.62. The molecule has 1 unspecified atom stereocenters. The number of halogens is 1. The van der Waals surface area contributed by atoms with Crippen LogP contribution in [0.25, 0.3) is 22.0 Å². The third-order valence-corrected chi connectivity index (χ3v) is 5.59. The monoisotopic (exact) mass is 365 g/mol. The van der Waals surface area contributed by atoms with E-state index < -0.39 is 11.4 Å². The number of rotatable bonds is 4. The summed E-state index contributed by atoms with van der Waals surface area (Å²) in [6.07, 6.45) is 1.87. The second-order valence-electron chi connectivity index (χ2n) is 5.82. The molecule has 0 fully saturated rings. The van der Waals surface area contributed by atoms with Gasteiger partial charge in [-0.1, -0.05) is 30.3 Å². The molecule has 0 aliphatic rings. The molecule has 1 heterocycles. The first-order valence-corrected chi connectivity index (χ1v) is 9.20. The fraction of sp³-hybridized carbons (Fsp3) is 0.0476. The van der Waals surface area contributed by atoms with Gasteiger partial charge in [-0.15, -0.1) is 0 Å². The van der Waals surface area contributed by atoms with E-state index in [1.165, 1.54) is 12.1 Å². The minimum atomic E-state index is -1.48. The Hall–Kier alpha value is -2.76. The van der Waals surface area contributed by atoms with E-state index in [1.807, 2.05) is 54.7 Å². The fourth-order valence-corrected chi connectivity index (χ4v) is 4.09. The van der Waals surface area contributed by atoms with Crippen molar-refractivity contribution in [2.75, 3.05) is 7.11 Å². The average molecular weight is 365 g/mol. The van der Waals surface area contributed by atoms with Gasteiger partial charge in [-0.25, -0.2) is 4.39 Å². The molecule has 0 amide bonds. The van der Waals surface area contributed by atoms with Crippen molar-refractivity contribution in [2.24, 2.45) is 0 Å². The predicted molar refractivity (Wildman–Crippen MR) is 102 cm³/mol. The summed E-state index contributed by atoms with van der Waals surface area (Å²) >= 11 is -1.48. The van der Waals surface area contributed by atoms with Gasteiger partial charge in [-0.05, 0) is 48.0 Å². The molecule has 1 atom stereocenters. The highest BCUT2D eigenvalue weighted by atomic mass is 32.2. The summed E-state index contributed by atoms with van der Waals surface area (Å²) in [4.78, 5) is 0.540. The molecule has 0 aliphatic heterocycles. The maximum Gasteiger partial charge on any atom is 0.180 e. The largest absolute Gasteiger partial charge is 0.587 e. The number of aromatic nitrogens is 1. The van der Waals surface area contributed by atoms with Gasteiger partial charge >= 0.3 is 0 Å². The summed E-state index contributed by atoms with van der Waals surface area (Å²) in [5.41, 5.74) is 2.82. The van der Waals surface area contributed by atoms with E-state index >= 15 is 0 Å². The highest BCUT2D eigenvalue weighted by Gasteiger charge is 2.21. The van der Waals surface area contributed by atoms with Crippen molar-refractivity contribution in [3.8, 4) is 16.9 Å². The van der Waals surface area contributed by atoms with E-state index in [0.717, 1.165) is 27.8 Å². The van der Waals surface area contributed by atoms with Crippen LogP contribution in [0.2, 0.25) is 0 Å². The van der Waals surface area contributed by atoms with Crippen LogP contribution >= 0.6 is 0 Å². The minimum Gasteiger partial charge on any atom is -0.587 e. The summed E-state index contributed by atoms with van der Waals surface area (Å²) in [6.45, 7) is 0. The number of benzene rings is 3. The van der Waals surface area contributed by atoms with Crippen LogP contribution < -0.4 is 4.74 Å². The molecule has 0 saturated carbocycles. The maximum atomic E-state index is 13.2. The van der Waals surface area contributed by atoms with E-state index in [4.69, 9.17) is 4.74 Å². The van der Waals surface area contributed by atoms with Gasteiger partial charge in [0.1, 0.15) is 22.9 Å². The minimum absolute atomic E-state index is 0.349. The second-order valence-corrected chi connectivity index (χ2v) is 7.18. The molecule has 0 saturated heterocycles. The second kappa shape index (κ2) is 6.86. The SMILES string of the molecule is COc1ccc2c(c1)c(-c1ccccc1)cn2[S+]([O-])c1ccc(F)cc1. The van der Waals surface area contributed by atoms with E-state index in [2.05, 4.69) is 0 Å². The molecule has 0 radical (unpaired) electrons. The number of fused-ring (bicyclic) bond motifs is 1. The van der Waals surface area contributed by atoms with Crippen molar-refractivity contribution in [3.63, 3.8) is 0 Å². The number of nitrogens with zero attached hydrogens (tertiary/aromatic N) is 1. The average Bonchev–Trinajstić information content (AvgIpc) is 3.07. The van der Waals surface area contributed by atoms with E-state index in [0.29, 0.717) is 4.90 Å². The first-order valence-electron chi connectivity index (χ1n) is 8.10.